The third kappa shape index (κ3) is 6.21. The summed E-state index contributed by atoms with van der Waals surface area (Å²) >= 11 is 0. The maximum absolute atomic E-state index is 12.0. The van der Waals surface area contributed by atoms with E-state index in [-0.39, 0.29) is 18.4 Å². The van der Waals surface area contributed by atoms with Gasteiger partial charge in [-0.2, -0.15) is 0 Å². The van der Waals surface area contributed by atoms with Gasteiger partial charge in [-0.3, -0.25) is 9.59 Å². The number of hydrogen-bond acceptors (Lipinski definition) is 10. The molecule has 0 aliphatic carbocycles. The molecule has 34 heavy (non-hydrogen) atoms. The van der Waals surface area contributed by atoms with Crippen molar-refractivity contribution in [1.82, 2.24) is 0 Å². The average molecular weight is 477 g/mol. The van der Waals surface area contributed by atoms with E-state index in [1.807, 2.05) is 6.07 Å². The summed E-state index contributed by atoms with van der Waals surface area (Å²) in [5, 5.41) is 0. The zero-order chi connectivity index (χ0) is 25.3. The van der Waals surface area contributed by atoms with Crippen LogP contribution < -0.4 is 28.6 Å². The molecule has 1 heterocycles. The molecule has 11 nitrogen and oxygen atoms in total. The van der Waals surface area contributed by atoms with Crippen molar-refractivity contribution in [2.75, 3.05) is 47.0 Å². The van der Waals surface area contributed by atoms with Gasteiger partial charge in [0, 0.05) is 19.1 Å². The number of hydrogen-bond donors (Lipinski definition) is 0. The molecule has 0 saturated carbocycles. The number of β-lactam (4-membered cyclic amide) rings is 1. The Balaban J connectivity index is 0.000000287. The predicted molar refractivity (Wildman–Crippen MR) is 120 cm³/mol. The molecule has 1 fully saturated rings. The molecule has 0 N–H and O–H groups in total. The Morgan fingerprint density at radius 3 is 1.85 bits per heavy atom. The molecular formula is C23H27NO10. The van der Waals surface area contributed by atoms with Crippen LogP contribution in [-0.4, -0.2) is 66.2 Å². The zero-order valence-electron chi connectivity index (χ0n) is 19.8. The number of methoxy groups -OCH3 is 5. The fourth-order valence-corrected chi connectivity index (χ4v) is 2.96. The maximum Gasteiger partial charge on any atom is 0.508 e. The number of esters is 1. The third-order valence-corrected chi connectivity index (χ3v) is 4.58. The van der Waals surface area contributed by atoms with Gasteiger partial charge in [-0.05, 0) is 12.1 Å². The molecule has 1 aliphatic rings. The van der Waals surface area contributed by atoms with Crippen molar-refractivity contribution in [3.63, 3.8) is 0 Å². The summed E-state index contributed by atoms with van der Waals surface area (Å²) in [5.41, 5.74) is 0.559. The topological polar surface area (TPSA) is 119 Å². The van der Waals surface area contributed by atoms with Gasteiger partial charge < -0.3 is 38.1 Å². The van der Waals surface area contributed by atoms with Crippen LogP contribution in [0, 0.1) is 0 Å². The van der Waals surface area contributed by atoms with Gasteiger partial charge >= 0.3 is 12.1 Å². The van der Waals surface area contributed by atoms with E-state index in [0.29, 0.717) is 34.4 Å². The van der Waals surface area contributed by atoms with E-state index in [2.05, 4.69) is 4.74 Å². The lowest BCUT2D eigenvalue weighted by Crippen LogP contribution is -2.58. The number of carbonyl (C=O) groups is 3. The molecule has 184 valence electrons. The second kappa shape index (κ2) is 12.2. The number of anilines is 1. The molecule has 1 aliphatic heterocycles. The van der Waals surface area contributed by atoms with Crippen LogP contribution in [0.15, 0.2) is 36.4 Å². The normalized spacial score (nSPS) is 14.0. The zero-order valence-corrected chi connectivity index (χ0v) is 19.8. The molecule has 0 bridgehead atoms. The van der Waals surface area contributed by atoms with Crippen LogP contribution in [0.5, 0.6) is 28.7 Å². The molecule has 11 heteroatoms. The first-order valence-electron chi connectivity index (χ1n) is 9.96. The Morgan fingerprint density at radius 2 is 1.41 bits per heavy atom. The van der Waals surface area contributed by atoms with E-state index in [1.54, 1.807) is 30.3 Å². The summed E-state index contributed by atoms with van der Waals surface area (Å²) in [6.45, 7) is 1.58. The smallest absolute Gasteiger partial charge is 0.493 e. The van der Waals surface area contributed by atoms with Crippen LogP contribution in [-0.2, 0) is 19.1 Å². The van der Waals surface area contributed by atoms with E-state index in [4.69, 9.17) is 28.4 Å². The largest absolute Gasteiger partial charge is 0.508 e. The molecule has 3 rings (SSSR count). The molecule has 1 saturated heterocycles. The van der Waals surface area contributed by atoms with E-state index < -0.39 is 12.3 Å². The fraction of sp³-hybridized carbons (Fsp3) is 0.348. The number of rotatable bonds is 7. The first-order chi connectivity index (χ1) is 16.3. The minimum Gasteiger partial charge on any atom is -0.493 e. The number of benzene rings is 2. The molecule has 2 aromatic rings. The number of para-hydroxylation sites is 2. The number of amides is 1. The molecule has 1 unspecified atom stereocenters. The molecule has 0 spiro atoms. The van der Waals surface area contributed by atoms with E-state index in [9.17, 15) is 14.4 Å². The summed E-state index contributed by atoms with van der Waals surface area (Å²) < 4.78 is 34.7. The maximum atomic E-state index is 12.0. The van der Waals surface area contributed by atoms with Gasteiger partial charge in [0.15, 0.2) is 23.0 Å². The van der Waals surface area contributed by atoms with Crippen molar-refractivity contribution in [2.45, 2.75) is 13.0 Å². The summed E-state index contributed by atoms with van der Waals surface area (Å²) in [4.78, 5) is 35.1. The second-order valence-corrected chi connectivity index (χ2v) is 6.64. The van der Waals surface area contributed by atoms with Crippen LogP contribution in [0.1, 0.15) is 6.92 Å². The van der Waals surface area contributed by atoms with Crippen LogP contribution in [0.25, 0.3) is 0 Å². The molecule has 2 aromatic carbocycles. The molecular weight excluding hydrogens is 450 g/mol. The molecule has 1 amide bonds. The first kappa shape index (κ1) is 26.1. The lowest BCUT2D eigenvalue weighted by molar-refractivity contribution is -0.134. The number of nitrogens with zero attached hydrogens (tertiary/aromatic N) is 1. The first-order valence-corrected chi connectivity index (χ1v) is 9.96. The second-order valence-electron chi connectivity index (χ2n) is 6.64. The average Bonchev–Trinajstić information content (AvgIpc) is 2.85. The van der Waals surface area contributed by atoms with Gasteiger partial charge in [-0.25, -0.2) is 4.79 Å². The Labute approximate surface area is 197 Å². The minimum absolute atomic E-state index is 0.229. The molecule has 1 atom stereocenters. The monoisotopic (exact) mass is 477 g/mol. The van der Waals surface area contributed by atoms with Crippen molar-refractivity contribution >= 4 is 23.7 Å². The highest BCUT2D eigenvalue weighted by Crippen LogP contribution is 2.42. The standard InChI is InChI=1S/C14H17NO7.C9H10O3/c1-18-9-5-8(6-10(19-2)12(9)20-3)15-7-11(13(15)16)22-14(17)21-4;1-7(10)12-9-6-4-3-5-8(9)11-2/h5-6,11H,7H2,1-4H3;3-6H,1-2H3. The SMILES string of the molecule is COC(=O)OC1CN(c2cc(OC)c(OC)c(OC)c2)C1=O.COc1ccccc1OC(C)=O. The Morgan fingerprint density at radius 1 is 0.853 bits per heavy atom. The van der Waals surface area contributed by atoms with E-state index in [1.165, 1.54) is 47.4 Å². The van der Waals surface area contributed by atoms with E-state index in [0.717, 1.165) is 0 Å². The highest BCUT2D eigenvalue weighted by Gasteiger charge is 2.41. The van der Waals surface area contributed by atoms with Crippen LogP contribution in [0.4, 0.5) is 10.5 Å². The van der Waals surface area contributed by atoms with Crippen molar-refractivity contribution in [2.24, 2.45) is 0 Å². The fourth-order valence-electron chi connectivity index (χ4n) is 2.96. The highest BCUT2D eigenvalue weighted by molar-refractivity contribution is 6.04. The lowest BCUT2D eigenvalue weighted by atomic mass is 10.1. The van der Waals surface area contributed by atoms with Gasteiger partial charge in [-0.1, -0.05) is 12.1 Å². The van der Waals surface area contributed by atoms with Crippen molar-refractivity contribution in [3.8, 4) is 28.7 Å². The molecule has 0 radical (unpaired) electrons. The van der Waals surface area contributed by atoms with Crippen molar-refractivity contribution in [3.05, 3.63) is 36.4 Å². The van der Waals surface area contributed by atoms with Gasteiger partial charge in [0.25, 0.3) is 5.91 Å². The highest BCUT2D eigenvalue weighted by atomic mass is 16.7. The molecule has 0 aromatic heterocycles. The van der Waals surface area contributed by atoms with Crippen LogP contribution in [0.3, 0.4) is 0 Å². The van der Waals surface area contributed by atoms with Crippen LogP contribution in [0.2, 0.25) is 0 Å². The minimum atomic E-state index is -0.886. The number of ether oxygens (including phenoxy) is 7. The van der Waals surface area contributed by atoms with Gasteiger partial charge in [0.2, 0.25) is 11.9 Å². The summed E-state index contributed by atoms with van der Waals surface area (Å²) in [7, 11) is 7.18. The van der Waals surface area contributed by atoms with Crippen LogP contribution >= 0.6 is 0 Å². The number of carbonyl (C=O) groups excluding carboxylic acids is 3. The van der Waals surface area contributed by atoms with Gasteiger partial charge in [0.1, 0.15) is 0 Å². The van der Waals surface area contributed by atoms with Crippen molar-refractivity contribution < 1.29 is 47.5 Å². The van der Waals surface area contributed by atoms with Crippen molar-refractivity contribution in [1.29, 1.82) is 0 Å². The Kier molecular flexibility index (Phi) is 9.36. The Bertz CT molecular complexity index is 998. The summed E-state index contributed by atoms with van der Waals surface area (Å²) in [6, 6.07) is 10.3. The van der Waals surface area contributed by atoms with Gasteiger partial charge in [0.05, 0.1) is 47.8 Å². The Hall–Kier alpha value is -4.15. The third-order valence-electron chi connectivity index (χ3n) is 4.58. The summed E-state index contributed by atoms with van der Waals surface area (Å²) in [6.07, 6.45) is -1.73. The van der Waals surface area contributed by atoms with Gasteiger partial charge in [-0.15, -0.1) is 0 Å². The quantitative estimate of drug-likeness (QED) is 0.334. The summed E-state index contributed by atoms with van der Waals surface area (Å²) in [5.74, 6) is 1.62. The van der Waals surface area contributed by atoms with E-state index >= 15 is 0 Å². The predicted octanol–water partition coefficient (Wildman–Crippen LogP) is 2.83. The lowest BCUT2D eigenvalue weighted by Gasteiger charge is -2.37.